The molecule has 0 saturated carbocycles. The van der Waals surface area contributed by atoms with Crippen LogP contribution in [0.1, 0.15) is 0 Å². The molecule has 7 heteroatoms. The minimum atomic E-state index is -4.00. The summed E-state index contributed by atoms with van der Waals surface area (Å²) in [6.07, 6.45) is 0. The van der Waals surface area contributed by atoms with Crippen LogP contribution >= 0.6 is 39.0 Å². The van der Waals surface area contributed by atoms with Gasteiger partial charge in [-0.2, -0.15) is 8.42 Å². The molecule has 0 spiro atoms. The topological polar surface area (TPSA) is 57.6 Å². The maximum absolute atomic E-state index is 9.76. The van der Waals surface area contributed by atoms with Crippen molar-refractivity contribution >= 4 is 49.3 Å². The van der Waals surface area contributed by atoms with Crippen LogP contribution in [0.2, 0.25) is 0 Å². The zero-order valence-electron chi connectivity index (χ0n) is 2.88. The molecule has 0 bridgehead atoms. The molecule has 0 amide bonds. The predicted octanol–water partition coefficient (Wildman–Crippen LogP) is 0.751. The van der Waals surface area contributed by atoms with Crippen LogP contribution in [0.25, 0.3) is 0 Å². The van der Waals surface area contributed by atoms with Gasteiger partial charge in [0.05, 0.1) is 22.9 Å². The molecule has 44 valence electrons. The summed E-state index contributed by atoms with van der Waals surface area (Å²) in [5.74, 6) is 0. The Morgan fingerprint density at radius 3 is 1.86 bits per heavy atom. The van der Waals surface area contributed by atoms with Gasteiger partial charge in [-0.25, -0.2) is 0 Å². The Kier molecular flexibility index (Phi) is 2.97. The van der Waals surface area contributed by atoms with E-state index in [9.17, 15) is 8.42 Å². The van der Waals surface area contributed by atoms with Crippen LogP contribution in [0.15, 0.2) is 0 Å². The highest BCUT2D eigenvalue weighted by Crippen LogP contribution is 2.10. The molecule has 0 heterocycles. The molecule has 0 aliphatic carbocycles. The fourth-order valence-electron chi connectivity index (χ4n) is 0. The van der Waals surface area contributed by atoms with Gasteiger partial charge in [-0.3, -0.25) is 4.55 Å². The Morgan fingerprint density at radius 1 is 1.71 bits per heavy atom. The molecule has 1 N–H and O–H groups in total. The van der Waals surface area contributed by atoms with Gasteiger partial charge in [-0.05, 0) is 0 Å². The molecular formula is HBrINO3S. The maximum atomic E-state index is 9.76. The average Bonchev–Trinajstić information content (AvgIpc) is 1.31. The Hall–Kier alpha value is 1.08. The Morgan fingerprint density at radius 2 is 1.86 bits per heavy atom. The Balaban J connectivity index is 4.10. The van der Waals surface area contributed by atoms with E-state index in [-0.39, 0.29) is 0 Å². The molecule has 0 unspecified atom stereocenters. The first kappa shape index (κ1) is 8.08. The Bertz CT molecular complexity index is 137. The van der Waals surface area contributed by atoms with Crippen LogP contribution in [-0.4, -0.2) is 14.5 Å². The summed E-state index contributed by atoms with van der Waals surface area (Å²) in [4.78, 5) is 0. The van der Waals surface area contributed by atoms with Crippen molar-refractivity contribution in [2.24, 2.45) is 0 Å². The Labute approximate surface area is 63.6 Å². The van der Waals surface area contributed by atoms with E-state index in [4.69, 9.17) is 4.55 Å². The first-order valence-electron chi connectivity index (χ1n) is 1.04. The van der Waals surface area contributed by atoms with Crippen LogP contribution in [0.3, 0.4) is 0 Å². The largest absolute Gasteiger partial charge is 0.354 e. The third-order valence-electron chi connectivity index (χ3n) is 0.174. The van der Waals surface area contributed by atoms with E-state index >= 15 is 0 Å². The van der Waals surface area contributed by atoms with E-state index in [0.29, 0.717) is 1.54 Å². The molecule has 0 aliphatic rings. The highest BCUT2D eigenvalue weighted by atomic mass is 127. The summed E-state index contributed by atoms with van der Waals surface area (Å²) in [6.45, 7) is 0. The summed E-state index contributed by atoms with van der Waals surface area (Å²) < 4.78 is 28.0. The third-order valence-corrected chi connectivity index (χ3v) is 3.11. The second-order valence-corrected chi connectivity index (χ2v) is 6.03. The summed E-state index contributed by atoms with van der Waals surface area (Å²) in [7, 11) is -4.00. The number of hydrogen-bond acceptors (Lipinski definition) is 2. The van der Waals surface area contributed by atoms with E-state index < -0.39 is 10.3 Å². The normalized spacial score (nSPS) is 12.6. The molecule has 4 nitrogen and oxygen atoms in total. The fourth-order valence-corrected chi connectivity index (χ4v) is 0. The molecule has 0 saturated heterocycles. The lowest BCUT2D eigenvalue weighted by molar-refractivity contribution is 0.471. The lowest BCUT2D eigenvalue weighted by atomic mass is 13.9. The standard InChI is InChI=1S/BrHINO3S/c1-3(2)7(4,5)6/h(H,4,5,6). The minimum Gasteiger partial charge on any atom is -0.272 e. The second kappa shape index (κ2) is 2.58. The van der Waals surface area contributed by atoms with E-state index in [1.165, 1.54) is 22.9 Å². The molecule has 7 heavy (non-hydrogen) atoms. The maximum Gasteiger partial charge on any atom is 0.354 e. The van der Waals surface area contributed by atoms with Crippen molar-refractivity contribution in [1.82, 2.24) is 1.54 Å². The summed E-state index contributed by atoms with van der Waals surface area (Å²) in [5.41, 5.74) is 0. The van der Waals surface area contributed by atoms with Gasteiger partial charge >= 0.3 is 10.3 Å². The van der Waals surface area contributed by atoms with Gasteiger partial charge in [0.1, 0.15) is 0 Å². The molecular weight excluding hydrogens is 301 g/mol. The van der Waals surface area contributed by atoms with Crippen molar-refractivity contribution in [3.63, 3.8) is 0 Å². The molecule has 0 aromatic rings. The van der Waals surface area contributed by atoms with Crippen molar-refractivity contribution in [2.75, 3.05) is 0 Å². The van der Waals surface area contributed by atoms with E-state index in [1.807, 2.05) is 0 Å². The van der Waals surface area contributed by atoms with Gasteiger partial charge in [-0.1, -0.05) is 1.54 Å². The van der Waals surface area contributed by atoms with Crippen LogP contribution in [0, 0.1) is 0 Å². The van der Waals surface area contributed by atoms with Gasteiger partial charge in [0.2, 0.25) is 0 Å². The lowest BCUT2D eigenvalue weighted by Crippen LogP contribution is -2.07. The highest BCUT2D eigenvalue weighted by Gasteiger charge is 2.09. The van der Waals surface area contributed by atoms with Gasteiger partial charge in [0.15, 0.2) is 0 Å². The zero-order valence-corrected chi connectivity index (χ0v) is 7.44. The number of hydrogen-bond donors (Lipinski definition) is 1. The van der Waals surface area contributed by atoms with Crippen LogP contribution in [-0.2, 0) is 10.3 Å². The van der Waals surface area contributed by atoms with Crippen molar-refractivity contribution in [2.45, 2.75) is 0 Å². The predicted molar refractivity (Wildman–Crippen MR) is 36.3 cm³/mol. The first-order valence-corrected chi connectivity index (χ1v) is 4.11. The number of halogens is 2. The van der Waals surface area contributed by atoms with Gasteiger partial charge in [0, 0.05) is 16.1 Å². The molecule has 0 aliphatic heterocycles. The van der Waals surface area contributed by atoms with Gasteiger partial charge in [-0.15, -0.1) is 0 Å². The van der Waals surface area contributed by atoms with Crippen molar-refractivity contribution < 1.29 is 13.0 Å². The monoisotopic (exact) mass is 301 g/mol. The fraction of sp³-hybridized carbons (Fsp3) is 0. The zero-order chi connectivity index (χ0) is 6.08. The van der Waals surface area contributed by atoms with Gasteiger partial charge in [0.25, 0.3) is 0 Å². The first-order chi connectivity index (χ1) is 2.94. The van der Waals surface area contributed by atoms with Gasteiger partial charge < -0.3 is 0 Å². The smallest absolute Gasteiger partial charge is 0.272 e. The minimum absolute atomic E-state index is 0.498. The average molecular weight is 302 g/mol. The van der Waals surface area contributed by atoms with Crippen molar-refractivity contribution in [3.8, 4) is 0 Å². The van der Waals surface area contributed by atoms with Crippen molar-refractivity contribution in [3.05, 3.63) is 0 Å². The molecule has 0 fully saturated rings. The molecule has 0 aromatic carbocycles. The highest BCUT2D eigenvalue weighted by molar-refractivity contribution is 14.1. The SMILES string of the molecule is O=S(=O)(O)N(Br)I. The van der Waals surface area contributed by atoms with Crippen molar-refractivity contribution in [1.29, 1.82) is 0 Å². The van der Waals surface area contributed by atoms with Crippen LogP contribution in [0.5, 0.6) is 0 Å². The number of rotatable bonds is 1. The summed E-state index contributed by atoms with van der Waals surface area (Å²) in [6, 6.07) is 0. The second-order valence-electron chi connectivity index (χ2n) is 0.650. The van der Waals surface area contributed by atoms with Crippen LogP contribution < -0.4 is 0 Å². The summed E-state index contributed by atoms with van der Waals surface area (Å²) in [5, 5.41) is 0. The van der Waals surface area contributed by atoms with E-state index in [0.717, 1.165) is 0 Å². The molecule has 0 aromatic heterocycles. The third kappa shape index (κ3) is 3.64. The number of nitrogens with zero attached hydrogens (tertiary/aromatic N) is 1. The molecule has 0 atom stereocenters. The summed E-state index contributed by atoms with van der Waals surface area (Å²) >= 11 is 3.84. The lowest BCUT2D eigenvalue weighted by Gasteiger charge is -1.94. The van der Waals surface area contributed by atoms with E-state index in [2.05, 4.69) is 16.1 Å². The molecule has 0 rings (SSSR count). The van der Waals surface area contributed by atoms with E-state index in [1.54, 1.807) is 0 Å². The van der Waals surface area contributed by atoms with Crippen LogP contribution in [0.4, 0.5) is 0 Å². The molecule has 0 radical (unpaired) electrons. The quantitative estimate of drug-likeness (QED) is 0.442.